The van der Waals surface area contributed by atoms with E-state index in [0.717, 1.165) is 16.6 Å². The fraction of sp³-hybridized carbons (Fsp3) is 0.235. The van der Waals surface area contributed by atoms with Crippen molar-refractivity contribution in [2.75, 3.05) is 0 Å². The zero-order chi connectivity index (χ0) is 14.3. The Morgan fingerprint density at radius 3 is 2.35 bits per heavy atom. The Balaban J connectivity index is 2.13. The van der Waals surface area contributed by atoms with Gasteiger partial charge in [0.1, 0.15) is 0 Å². The van der Waals surface area contributed by atoms with Crippen LogP contribution in [0.1, 0.15) is 16.7 Å². The molecule has 3 rings (SSSR count). The molecule has 1 aromatic heterocycles. The molecule has 3 heteroatoms. The minimum atomic E-state index is 0.0319. The van der Waals surface area contributed by atoms with Crippen molar-refractivity contribution in [3.63, 3.8) is 0 Å². The average Bonchev–Trinajstić information content (AvgIpc) is 2.69. The zero-order valence-electron chi connectivity index (χ0n) is 12.1. The summed E-state index contributed by atoms with van der Waals surface area (Å²) in [5.74, 6) is 0. The lowest BCUT2D eigenvalue weighted by Gasteiger charge is -2.06. The van der Waals surface area contributed by atoms with Gasteiger partial charge in [0.05, 0.1) is 17.6 Å². The van der Waals surface area contributed by atoms with Crippen LogP contribution < -0.4 is 5.69 Å². The lowest BCUT2D eigenvalue weighted by atomic mass is 10.1. The molecule has 1 heterocycles. The van der Waals surface area contributed by atoms with Crippen LogP contribution in [0.25, 0.3) is 11.0 Å². The molecule has 0 fully saturated rings. The minimum Gasteiger partial charge on any atom is -0.295 e. The van der Waals surface area contributed by atoms with Crippen molar-refractivity contribution in [2.45, 2.75) is 20.4 Å². The lowest BCUT2D eigenvalue weighted by molar-refractivity contribution is 0.735. The van der Waals surface area contributed by atoms with Crippen LogP contribution in [0.4, 0.5) is 0 Å². The lowest BCUT2D eigenvalue weighted by Crippen LogP contribution is -2.22. The maximum Gasteiger partial charge on any atom is 0.329 e. The molecular weight excluding hydrogens is 248 g/mol. The number of rotatable bonds is 2. The van der Waals surface area contributed by atoms with E-state index in [1.807, 2.05) is 35.9 Å². The Bertz CT molecular complexity index is 840. The maximum absolute atomic E-state index is 12.4. The molecule has 0 saturated heterocycles. The molecule has 102 valence electrons. The first-order valence-corrected chi connectivity index (χ1v) is 6.78. The zero-order valence-corrected chi connectivity index (χ0v) is 12.1. The molecule has 0 spiro atoms. The molecular formula is C17H18N2O. The Kier molecular flexibility index (Phi) is 2.97. The number of aromatic nitrogens is 2. The molecule has 0 aliphatic rings. The summed E-state index contributed by atoms with van der Waals surface area (Å²) < 4.78 is 3.54. The molecule has 0 bridgehead atoms. The number of hydrogen-bond acceptors (Lipinski definition) is 1. The SMILES string of the molecule is Cc1ccc(Cn2c(=O)n(C)c3ccccc32)cc1C. The summed E-state index contributed by atoms with van der Waals surface area (Å²) in [5, 5.41) is 0. The van der Waals surface area contributed by atoms with E-state index in [-0.39, 0.29) is 5.69 Å². The second-order valence-electron chi connectivity index (χ2n) is 5.34. The van der Waals surface area contributed by atoms with Gasteiger partial charge in [0.15, 0.2) is 0 Å². The van der Waals surface area contributed by atoms with Crippen LogP contribution in [0, 0.1) is 13.8 Å². The van der Waals surface area contributed by atoms with Gasteiger partial charge in [-0.15, -0.1) is 0 Å². The molecule has 0 radical (unpaired) electrons. The molecule has 0 N–H and O–H groups in total. The van der Waals surface area contributed by atoms with E-state index in [2.05, 4.69) is 32.0 Å². The fourth-order valence-electron chi connectivity index (χ4n) is 2.60. The predicted octanol–water partition coefficient (Wildman–Crippen LogP) is 3.01. The molecule has 20 heavy (non-hydrogen) atoms. The molecule has 0 unspecified atom stereocenters. The van der Waals surface area contributed by atoms with Gasteiger partial charge in [0.2, 0.25) is 0 Å². The fourth-order valence-corrected chi connectivity index (χ4v) is 2.60. The largest absolute Gasteiger partial charge is 0.329 e. The van der Waals surface area contributed by atoms with Gasteiger partial charge in [-0.05, 0) is 42.7 Å². The molecule has 0 atom stereocenters. The quantitative estimate of drug-likeness (QED) is 0.700. The molecule has 0 amide bonds. The average molecular weight is 266 g/mol. The number of aryl methyl sites for hydroxylation is 3. The third-order valence-corrected chi connectivity index (χ3v) is 3.96. The van der Waals surface area contributed by atoms with Crippen molar-refractivity contribution in [3.8, 4) is 0 Å². The Labute approximate surface area is 118 Å². The van der Waals surface area contributed by atoms with Crippen LogP contribution in [0.5, 0.6) is 0 Å². The van der Waals surface area contributed by atoms with E-state index in [9.17, 15) is 4.79 Å². The molecule has 3 aromatic rings. The number of nitrogens with zero attached hydrogens (tertiary/aromatic N) is 2. The maximum atomic E-state index is 12.4. The number of hydrogen-bond donors (Lipinski definition) is 0. The van der Waals surface area contributed by atoms with E-state index in [0.29, 0.717) is 6.54 Å². The standard InChI is InChI=1S/C17H18N2O/c1-12-8-9-14(10-13(12)2)11-19-16-7-5-4-6-15(16)18(3)17(19)20/h4-10H,11H2,1-3H3. The summed E-state index contributed by atoms with van der Waals surface area (Å²) >= 11 is 0. The van der Waals surface area contributed by atoms with Crippen molar-refractivity contribution in [1.82, 2.24) is 9.13 Å². The Morgan fingerprint density at radius 1 is 0.950 bits per heavy atom. The highest BCUT2D eigenvalue weighted by Crippen LogP contribution is 2.15. The molecule has 2 aromatic carbocycles. The van der Waals surface area contributed by atoms with E-state index < -0.39 is 0 Å². The smallest absolute Gasteiger partial charge is 0.295 e. The first kappa shape index (κ1) is 12.7. The van der Waals surface area contributed by atoms with Crippen molar-refractivity contribution in [3.05, 3.63) is 69.6 Å². The van der Waals surface area contributed by atoms with Gasteiger partial charge < -0.3 is 0 Å². The number of fused-ring (bicyclic) bond motifs is 1. The van der Waals surface area contributed by atoms with Crippen LogP contribution in [0.3, 0.4) is 0 Å². The number of para-hydroxylation sites is 2. The molecule has 0 aliphatic heterocycles. The third kappa shape index (κ3) is 1.95. The van der Waals surface area contributed by atoms with Gasteiger partial charge in [-0.3, -0.25) is 9.13 Å². The van der Waals surface area contributed by atoms with Crippen LogP contribution >= 0.6 is 0 Å². The van der Waals surface area contributed by atoms with Crippen LogP contribution in [0.2, 0.25) is 0 Å². The van der Waals surface area contributed by atoms with Gasteiger partial charge in [-0.1, -0.05) is 30.3 Å². The van der Waals surface area contributed by atoms with E-state index in [1.165, 1.54) is 11.1 Å². The third-order valence-electron chi connectivity index (χ3n) is 3.96. The molecule has 0 saturated carbocycles. The van der Waals surface area contributed by atoms with E-state index in [4.69, 9.17) is 0 Å². The first-order chi connectivity index (χ1) is 9.58. The van der Waals surface area contributed by atoms with E-state index >= 15 is 0 Å². The minimum absolute atomic E-state index is 0.0319. The van der Waals surface area contributed by atoms with Crippen LogP contribution in [-0.2, 0) is 13.6 Å². The molecule has 0 aliphatic carbocycles. The summed E-state index contributed by atoms with van der Waals surface area (Å²) in [6.07, 6.45) is 0. The summed E-state index contributed by atoms with van der Waals surface area (Å²) in [6, 6.07) is 14.3. The Hall–Kier alpha value is -2.29. The number of benzene rings is 2. The summed E-state index contributed by atoms with van der Waals surface area (Å²) in [4.78, 5) is 12.4. The molecule has 3 nitrogen and oxygen atoms in total. The Morgan fingerprint density at radius 2 is 1.65 bits per heavy atom. The van der Waals surface area contributed by atoms with E-state index in [1.54, 1.807) is 4.57 Å². The van der Waals surface area contributed by atoms with Crippen LogP contribution in [-0.4, -0.2) is 9.13 Å². The monoisotopic (exact) mass is 266 g/mol. The first-order valence-electron chi connectivity index (χ1n) is 6.78. The highest BCUT2D eigenvalue weighted by atomic mass is 16.1. The van der Waals surface area contributed by atoms with Gasteiger partial charge >= 0.3 is 5.69 Å². The van der Waals surface area contributed by atoms with Crippen molar-refractivity contribution >= 4 is 11.0 Å². The van der Waals surface area contributed by atoms with Crippen molar-refractivity contribution in [2.24, 2.45) is 7.05 Å². The number of imidazole rings is 1. The highest BCUT2D eigenvalue weighted by molar-refractivity contribution is 5.75. The second kappa shape index (κ2) is 4.67. The van der Waals surface area contributed by atoms with Gasteiger partial charge in [-0.2, -0.15) is 0 Å². The van der Waals surface area contributed by atoms with Crippen LogP contribution in [0.15, 0.2) is 47.3 Å². The van der Waals surface area contributed by atoms with Gasteiger partial charge in [-0.25, -0.2) is 4.79 Å². The normalized spacial score (nSPS) is 11.2. The highest BCUT2D eigenvalue weighted by Gasteiger charge is 2.10. The van der Waals surface area contributed by atoms with Gasteiger partial charge in [0, 0.05) is 7.05 Å². The summed E-state index contributed by atoms with van der Waals surface area (Å²) in [6.45, 7) is 4.81. The summed E-state index contributed by atoms with van der Waals surface area (Å²) in [5.41, 5.74) is 5.69. The van der Waals surface area contributed by atoms with Crippen molar-refractivity contribution < 1.29 is 0 Å². The second-order valence-corrected chi connectivity index (χ2v) is 5.34. The van der Waals surface area contributed by atoms with Gasteiger partial charge in [0.25, 0.3) is 0 Å². The predicted molar refractivity (Wildman–Crippen MR) is 82.2 cm³/mol. The summed E-state index contributed by atoms with van der Waals surface area (Å²) in [7, 11) is 1.82. The van der Waals surface area contributed by atoms with Crippen molar-refractivity contribution in [1.29, 1.82) is 0 Å². The topological polar surface area (TPSA) is 26.9 Å².